The Bertz CT molecular complexity index is 635. The lowest BCUT2D eigenvalue weighted by Gasteiger charge is -2.22. The van der Waals surface area contributed by atoms with E-state index in [2.05, 4.69) is 21.3 Å². The topological polar surface area (TPSA) is 50.0 Å². The zero-order valence-electron chi connectivity index (χ0n) is 14.6. The number of furan rings is 1. The number of halogens is 2. The number of nitrogens with one attached hydrogen (secondary N) is 1. The van der Waals surface area contributed by atoms with Gasteiger partial charge in [-0.2, -0.15) is 0 Å². The third-order valence-electron chi connectivity index (χ3n) is 3.46. The number of rotatable bonds is 8. The van der Waals surface area contributed by atoms with E-state index in [1.807, 2.05) is 37.4 Å². The normalized spacial score (nSPS) is 11.1. The van der Waals surface area contributed by atoms with Gasteiger partial charge in [-0.1, -0.05) is 23.7 Å². The molecule has 25 heavy (non-hydrogen) atoms. The summed E-state index contributed by atoms with van der Waals surface area (Å²) in [7, 11) is 3.68. The summed E-state index contributed by atoms with van der Waals surface area (Å²) in [5, 5.41) is 4.12. The van der Waals surface area contributed by atoms with Crippen molar-refractivity contribution in [1.29, 1.82) is 0 Å². The Morgan fingerprint density at radius 2 is 2.16 bits per heavy atom. The molecule has 1 N–H and O–H groups in total. The van der Waals surface area contributed by atoms with Gasteiger partial charge in [0.25, 0.3) is 0 Å². The van der Waals surface area contributed by atoms with Crippen molar-refractivity contribution >= 4 is 41.5 Å². The van der Waals surface area contributed by atoms with Gasteiger partial charge in [0, 0.05) is 38.7 Å². The standard InChI is InChI=1S/C18H24ClN3O2.HI/c1-22(14-15-5-3-6-16(19)13-15)18(21-10-12-23-2)20-9-8-17-7-4-11-24-17;/h3-7,11,13H,8-10,12,14H2,1-2H3,(H,20,21);1H. The lowest BCUT2D eigenvalue weighted by atomic mass is 10.2. The average Bonchev–Trinajstić information content (AvgIpc) is 3.07. The molecule has 0 unspecified atom stereocenters. The summed E-state index contributed by atoms with van der Waals surface area (Å²) in [6, 6.07) is 11.7. The van der Waals surface area contributed by atoms with Crippen molar-refractivity contribution in [3.8, 4) is 0 Å². The van der Waals surface area contributed by atoms with Gasteiger partial charge in [-0.25, -0.2) is 0 Å². The molecule has 0 saturated heterocycles. The van der Waals surface area contributed by atoms with E-state index in [0.717, 1.165) is 41.8 Å². The van der Waals surface area contributed by atoms with Crippen LogP contribution in [0.2, 0.25) is 5.02 Å². The first-order chi connectivity index (χ1) is 11.7. The van der Waals surface area contributed by atoms with E-state index in [0.29, 0.717) is 13.2 Å². The number of hydrogen-bond acceptors (Lipinski definition) is 3. The van der Waals surface area contributed by atoms with Crippen LogP contribution in [-0.2, 0) is 17.7 Å². The fourth-order valence-electron chi connectivity index (χ4n) is 2.29. The molecular weight excluding hydrogens is 453 g/mol. The van der Waals surface area contributed by atoms with Crippen molar-refractivity contribution in [3.63, 3.8) is 0 Å². The molecule has 1 aromatic heterocycles. The Labute approximate surface area is 171 Å². The van der Waals surface area contributed by atoms with Gasteiger partial charge >= 0.3 is 0 Å². The smallest absolute Gasteiger partial charge is 0.194 e. The van der Waals surface area contributed by atoms with Crippen LogP contribution >= 0.6 is 35.6 Å². The minimum absolute atomic E-state index is 0. The Balaban J connectivity index is 0.00000312. The number of hydrogen-bond donors (Lipinski definition) is 1. The molecule has 0 bridgehead atoms. The first-order valence-electron chi connectivity index (χ1n) is 7.94. The highest BCUT2D eigenvalue weighted by molar-refractivity contribution is 14.0. The Kier molecular flexibility index (Phi) is 10.6. The van der Waals surface area contributed by atoms with Crippen LogP contribution < -0.4 is 5.32 Å². The number of nitrogens with zero attached hydrogens (tertiary/aromatic N) is 2. The summed E-state index contributed by atoms with van der Waals surface area (Å²) in [5.41, 5.74) is 1.14. The third-order valence-corrected chi connectivity index (χ3v) is 3.70. The van der Waals surface area contributed by atoms with Gasteiger partial charge < -0.3 is 19.4 Å². The van der Waals surface area contributed by atoms with Crippen LogP contribution in [0.25, 0.3) is 0 Å². The quantitative estimate of drug-likeness (QED) is 0.272. The van der Waals surface area contributed by atoms with Crippen LogP contribution in [0, 0.1) is 0 Å². The molecule has 2 aromatic rings. The van der Waals surface area contributed by atoms with E-state index in [1.54, 1.807) is 13.4 Å². The SMILES string of the molecule is COCCN=C(NCCc1ccco1)N(C)Cc1cccc(Cl)c1.I. The van der Waals surface area contributed by atoms with E-state index in [4.69, 9.17) is 20.8 Å². The van der Waals surface area contributed by atoms with Gasteiger partial charge in [-0.05, 0) is 29.8 Å². The molecule has 0 aliphatic carbocycles. The van der Waals surface area contributed by atoms with Crippen LogP contribution in [0.5, 0.6) is 0 Å². The summed E-state index contributed by atoms with van der Waals surface area (Å²) < 4.78 is 10.4. The summed E-state index contributed by atoms with van der Waals surface area (Å²) in [5.74, 6) is 1.79. The van der Waals surface area contributed by atoms with Gasteiger partial charge in [0.05, 0.1) is 19.4 Å². The van der Waals surface area contributed by atoms with Crippen LogP contribution in [0.4, 0.5) is 0 Å². The van der Waals surface area contributed by atoms with Crippen molar-refractivity contribution in [2.24, 2.45) is 4.99 Å². The Morgan fingerprint density at radius 3 is 2.84 bits per heavy atom. The molecule has 7 heteroatoms. The molecule has 0 radical (unpaired) electrons. The highest BCUT2D eigenvalue weighted by atomic mass is 127. The minimum Gasteiger partial charge on any atom is -0.469 e. The Morgan fingerprint density at radius 1 is 1.32 bits per heavy atom. The van der Waals surface area contributed by atoms with Crippen molar-refractivity contribution in [2.75, 3.05) is 33.9 Å². The number of aliphatic imine (C=N–C) groups is 1. The minimum atomic E-state index is 0. The van der Waals surface area contributed by atoms with Crippen molar-refractivity contribution < 1.29 is 9.15 Å². The first-order valence-corrected chi connectivity index (χ1v) is 8.32. The lowest BCUT2D eigenvalue weighted by molar-refractivity contribution is 0.207. The van der Waals surface area contributed by atoms with Gasteiger partial charge in [-0.3, -0.25) is 4.99 Å². The lowest BCUT2D eigenvalue weighted by Crippen LogP contribution is -2.39. The molecule has 0 atom stereocenters. The molecule has 138 valence electrons. The second-order valence-corrected chi connectivity index (χ2v) is 5.88. The van der Waals surface area contributed by atoms with Gasteiger partial charge in [0.2, 0.25) is 0 Å². The molecule has 1 aromatic carbocycles. The Hall–Kier alpha value is -1.25. The predicted octanol–water partition coefficient (Wildman–Crippen LogP) is 3.82. The van der Waals surface area contributed by atoms with Crippen LogP contribution in [0.15, 0.2) is 52.1 Å². The molecule has 5 nitrogen and oxygen atoms in total. The zero-order chi connectivity index (χ0) is 17.2. The van der Waals surface area contributed by atoms with Crippen molar-refractivity contribution in [2.45, 2.75) is 13.0 Å². The van der Waals surface area contributed by atoms with Crippen molar-refractivity contribution in [1.82, 2.24) is 10.2 Å². The molecule has 2 rings (SSSR count). The van der Waals surface area contributed by atoms with E-state index >= 15 is 0 Å². The molecule has 1 heterocycles. The van der Waals surface area contributed by atoms with Crippen molar-refractivity contribution in [3.05, 3.63) is 59.0 Å². The molecule has 0 amide bonds. The van der Waals surface area contributed by atoms with E-state index < -0.39 is 0 Å². The second kappa shape index (κ2) is 12.2. The molecule has 0 aliphatic rings. The van der Waals surface area contributed by atoms with Gasteiger partial charge in [0.15, 0.2) is 5.96 Å². The van der Waals surface area contributed by atoms with Gasteiger partial charge in [0.1, 0.15) is 5.76 Å². The maximum Gasteiger partial charge on any atom is 0.194 e. The van der Waals surface area contributed by atoms with Gasteiger partial charge in [-0.15, -0.1) is 24.0 Å². The van der Waals surface area contributed by atoms with Crippen LogP contribution in [-0.4, -0.2) is 44.7 Å². The van der Waals surface area contributed by atoms with E-state index in [-0.39, 0.29) is 24.0 Å². The zero-order valence-corrected chi connectivity index (χ0v) is 17.7. The maximum atomic E-state index is 6.06. The molecule has 0 spiro atoms. The molecular formula is C18H25ClIN3O2. The summed E-state index contributed by atoms with van der Waals surface area (Å²) in [6.07, 6.45) is 2.50. The maximum absolute atomic E-state index is 6.06. The number of benzene rings is 1. The van der Waals surface area contributed by atoms with Crippen LogP contribution in [0.3, 0.4) is 0 Å². The largest absolute Gasteiger partial charge is 0.469 e. The first kappa shape index (κ1) is 21.8. The summed E-state index contributed by atoms with van der Waals surface area (Å²) in [6.45, 7) is 2.67. The predicted molar refractivity (Wildman–Crippen MR) is 113 cm³/mol. The average molecular weight is 478 g/mol. The number of methoxy groups -OCH3 is 1. The second-order valence-electron chi connectivity index (χ2n) is 5.44. The fraction of sp³-hybridized carbons (Fsp3) is 0.389. The molecule has 0 aliphatic heterocycles. The molecule has 0 saturated carbocycles. The highest BCUT2D eigenvalue weighted by Crippen LogP contribution is 2.12. The summed E-state index contributed by atoms with van der Waals surface area (Å²) >= 11 is 6.06. The van der Waals surface area contributed by atoms with Crippen LogP contribution in [0.1, 0.15) is 11.3 Å². The van der Waals surface area contributed by atoms with E-state index in [9.17, 15) is 0 Å². The third kappa shape index (κ3) is 8.11. The molecule has 0 fully saturated rings. The monoisotopic (exact) mass is 477 g/mol. The fourth-order valence-corrected chi connectivity index (χ4v) is 2.50. The highest BCUT2D eigenvalue weighted by Gasteiger charge is 2.08. The van der Waals surface area contributed by atoms with E-state index in [1.165, 1.54) is 0 Å². The summed E-state index contributed by atoms with van der Waals surface area (Å²) in [4.78, 5) is 6.67. The number of ether oxygens (including phenoxy) is 1. The number of guanidine groups is 1.